The third-order valence-electron chi connectivity index (χ3n) is 3.94. The van der Waals surface area contributed by atoms with E-state index < -0.39 is 0 Å². The third-order valence-corrected chi connectivity index (χ3v) is 3.94. The topological polar surface area (TPSA) is 35.2 Å². The van der Waals surface area contributed by atoms with Crippen LogP contribution in [0.15, 0.2) is 60.7 Å². The molecule has 0 aliphatic heterocycles. The monoisotopic (exact) mass is 269 g/mol. The standard InChI is InChI=1S/C18H23NO/c1-2-18(14-19,17-11-7-4-8-12-17)15-20-13-16-9-5-3-6-10-16/h3-12H,2,13-15,19H2,1H3. The lowest BCUT2D eigenvalue weighted by atomic mass is 9.79. The molecular weight excluding hydrogens is 246 g/mol. The van der Waals surface area contributed by atoms with Crippen molar-refractivity contribution in [3.63, 3.8) is 0 Å². The first-order valence-electron chi connectivity index (χ1n) is 7.18. The van der Waals surface area contributed by atoms with Crippen LogP contribution in [-0.4, -0.2) is 13.2 Å². The third kappa shape index (κ3) is 3.47. The van der Waals surface area contributed by atoms with Gasteiger partial charge in [-0.25, -0.2) is 0 Å². The Labute approximate surface area is 121 Å². The van der Waals surface area contributed by atoms with Crippen molar-refractivity contribution in [3.8, 4) is 0 Å². The second kappa shape index (κ2) is 7.22. The van der Waals surface area contributed by atoms with Crippen molar-refractivity contribution in [1.29, 1.82) is 0 Å². The highest BCUT2D eigenvalue weighted by Crippen LogP contribution is 2.27. The smallest absolute Gasteiger partial charge is 0.0717 e. The maximum absolute atomic E-state index is 6.05. The number of benzene rings is 2. The largest absolute Gasteiger partial charge is 0.376 e. The van der Waals surface area contributed by atoms with Crippen molar-refractivity contribution in [2.24, 2.45) is 5.73 Å². The van der Waals surface area contributed by atoms with Gasteiger partial charge in [-0.2, -0.15) is 0 Å². The van der Waals surface area contributed by atoms with E-state index in [4.69, 9.17) is 10.5 Å². The van der Waals surface area contributed by atoms with Crippen molar-refractivity contribution in [2.75, 3.05) is 13.2 Å². The molecule has 20 heavy (non-hydrogen) atoms. The van der Waals surface area contributed by atoms with Crippen molar-refractivity contribution in [1.82, 2.24) is 0 Å². The summed E-state index contributed by atoms with van der Waals surface area (Å²) in [5.74, 6) is 0. The average molecular weight is 269 g/mol. The lowest BCUT2D eigenvalue weighted by Gasteiger charge is -2.31. The Kier molecular flexibility index (Phi) is 5.33. The maximum Gasteiger partial charge on any atom is 0.0717 e. The van der Waals surface area contributed by atoms with Crippen LogP contribution in [0.3, 0.4) is 0 Å². The summed E-state index contributed by atoms with van der Waals surface area (Å²) >= 11 is 0. The van der Waals surface area contributed by atoms with Gasteiger partial charge in [-0.3, -0.25) is 0 Å². The molecule has 0 fully saturated rings. The summed E-state index contributed by atoms with van der Waals surface area (Å²) in [6.45, 7) is 4.06. The molecule has 2 heteroatoms. The highest BCUT2D eigenvalue weighted by Gasteiger charge is 2.29. The fraction of sp³-hybridized carbons (Fsp3) is 0.333. The molecule has 0 saturated carbocycles. The van der Waals surface area contributed by atoms with E-state index in [9.17, 15) is 0 Å². The SMILES string of the molecule is CCC(CN)(COCc1ccccc1)c1ccccc1. The molecule has 0 spiro atoms. The Bertz CT molecular complexity index is 491. The first kappa shape index (κ1) is 14.8. The molecule has 1 unspecified atom stereocenters. The minimum Gasteiger partial charge on any atom is -0.376 e. The van der Waals surface area contributed by atoms with Crippen molar-refractivity contribution < 1.29 is 4.74 Å². The van der Waals surface area contributed by atoms with Crippen LogP contribution < -0.4 is 5.73 Å². The summed E-state index contributed by atoms with van der Waals surface area (Å²) in [7, 11) is 0. The van der Waals surface area contributed by atoms with E-state index in [1.165, 1.54) is 11.1 Å². The minimum absolute atomic E-state index is 0.0873. The van der Waals surface area contributed by atoms with Gasteiger partial charge in [0.05, 0.1) is 13.2 Å². The molecule has 106 valence electrons. The summed E-state index contributed by atoms with van der Waals surface area (Å²) in [5, 5.41) is 0. The van der Waals surface area contributed by atoms with E-state index >= 15 is 0 Å². The van der Waals surface area contributed by atoms with Gasteiger partial charge in [0.2, 0.25) is 0 Å². The zero-order valence-corrected chi connectivity index (χ0v) is 12.1. The van der Waals surface area contributed by atoms with E-state index in [1.54, 1.807) is 0 Å². The molecule has 0 bridgehead atoms. The van der Waals surface area contributed by atoms with Crippen LogP contribution in [0, 0.1) is 0 Å². The molecule has 0 aliphatic rings. The quantitative estimate of drug-likeness (QED) is 0.835. The van der Waals surface area contributed by atoms with Crippen LogP contribution in [0.4, 0.5) is 0 Å². The van der Waals surface area contributed by atoms with E-state index in [0.29, 0.717) is 19.8 Å². The van der Waals surface area contributed by atoms with E-state index in [2.05, 4.69) is 43.3 Å². The van der Waals surface area contributed by atoms with Crippen LogP contribution >= 0.6 is 0 Å². The van der Waals surface area contributed by atoms with Crippen LogP contribution in [-0.2, 0) is 16.8 Å². The van der Waals surface area contributed by atoms with Crippen LogP contribution in [0.1, 0.15) is 24.5 Å². The van der Waals surface area contributed by atoms with E-state index in [-0.39, 0.29) is 5.41 Å². The molecule has 0 aromatic heterocycles. The van der Waals surface area contributed by atoms with Gasteiger partial charge in [-0.05, 0) is 17.5 Å². The molecular formula is C18H23NO. The fourth-order valence-electron chi connectivity index (χ4n) is 2.44. The number of hydrogen-bond donors (Lipinski definition) is 1. The van der Waals surface area contributed by atoms with Gasteiger partial charge in [0, 0.05) is 12.0 Å². The van der Waals surface area contributed by atoms with E-state index in [0.717, 1.165) is 6.42 Å². The lowest BCUT2D eigenvalue weighted by Crippen LogP contribution is -2.39. The Morgan fingerprint density at radius 2 is 1.55 bits per heavy atom. The van der Waals surface area contributed by atoms with Gasteiger partial charge in [0.15, 0.2) is 0 Å². The Morgan fingerprint density at radius 1 is 0.950 bits per heavy atom. The van der Waals surface area contributed by atoms with Crippen molar-refractivity contribution in [2.45, 2.75) is 25.4 Å². The zero-order valence-electron chi connectivity index (χ0n) is 12.1. The molecule has 2 nitrogen and oxygen atoms in total. The molecule has 0 aliphatic carbocycles. The molecule has 0 radical (unpaired) electrons. The maximum atomic E-state index is 6.05. The zero-order chi connectivity index (χ0) is 14.3. The van der Waals surface area contributed by atoms with Gasteiger partial charge in [-0.15, -0.1) is 0 Å². The Morgan fingerprint density at radius 3 is 2.10 bits per heavy atom. The molecule has 2 N–H and O–H groups in total. The summed E-state index contributed by atoms with van der Waals surface area (Å²) in [5.41, 5.74) is 8.42. The predicted octanol–water partition coefficient (Wildman–Crippen LogP) is 3.51. The average Bonchev–Trinajstić information content (AvgIpc) is 2.54. The summed E-state index contributed by atoms with van der Waals surface area (Å²) in [4.78, 5) is 0. The molecule has 2 aromatic rings. The molecule has 0 heterocycles. The lowest BCUT2D eigenvalue weighted by molar-refractivity contribution is 0.0710. The van der Waals surface area contributed by atoms with Crippen molar-refractivity contribution in [3.05, 3.63) is 71.8 Å². The summed E-state index contributed by atoms with van der Waals surface area (Å²) in [6, 6.07) is 20.7. The van der Waals surface area contributed by atoms with Crippen LogP contribution in [0.25, 0.3) is 0 Å². The minimum atomic E-state index is -0.0873. The second-order valence-electron chi connectivity index (χ2n) is 5.18. The molecule has 0 amide bonds. The van der Waals surface area contributed by atoms with E-state index in [1.807, 2.05) is 24.3 Å². The van der Waals surface area contributed by atoms with Gasteiger partial charge < -0.3 is 10.5 Å². The Hall–Kier alpha value is -1.64. The molecule has 0 saturated heterocycles. The van der Waals surface area contributed by atoms with Gasteiger partial charge in [0.25, 0.3) is 0 Å². The number of ether oxygens (including phenoxy) is 1. The Balaban J connectivity index is 2.03. The van der Waals surface area contributed by atoms with Crippen LogP contribution in [0.2, 0.25) is 0 Å². The first-order valence-corrected chi connectivity index (χ1v) is 7.18. The fourth-order valence-corrected chi connectivity index (χ4v) is 2.44. The molecule has 2 aromatic carbocycles. The predicted molar refractivity (Wildman–Crippen MR) is 83.6 cm³/mol. The first-order chi connectivity index (χ1) is 9.80. The highest BCUT2D eigenvalue weighted by molar-refractivity contribution is 5.26. The second-order valence-corrected chi connectivity index (χ2v) is 5.18. The normalized spacial score (nSPS) is 13.9. The van der Waals surface area contributed by atoms with Gasteiger partial charge >= 0.3 is 0 Å². The number of hydrogen-bond acceptors (Lipinski definition) is 2. The van der Waals surface area contributed by atoms with Gasteiger partial charge in [-0.1, -0.05) is 67.6 Å². The summed E-state index contributed by atoms with van der Waals surface area (Å²) < 4.78 is 5.94. The highest BCUT2D eigenvalue weighted by atomic mass is 16.5. The van der Waals surface area contributed by atoms with Gasteiger partial charge in [0.1, 0.15) is 0 Å². The summed E-state index contributed by atoms with van der Waals surface area (Å²) in [6.07, 6.45) is 0.975. The molecule has 1 atom stereocenters. The van der Waals surface area contributed by atoms with Crippen molar-refractivity contribution >= 4 is 0 Å². The molecule has 2 rings (SSSR count). The van der Waals surface area contributed by atoms with Crippen LogP contribution in [0.5, 0.6) is 0 Å². The number of rotatable bonds is 7. The number of nitrogens with two attached hydrogens (primary N) is 1.